The third-order valence-electron chi connectivity index (χ3n) is 3.90. The highest BCUT2D eigenvalue weighted by Crippen LogP contribution is 2.22. The first kappa shape index (κ1) is 16.4. The highest BCUT2D eigenvalue weighted by molar-refractivity contribution is 6.07. The monoisotopic (exact) mass is 335 g/mol. The molecule has 1 saturated heterocycles. The summed E-state index contributed by atoms with van der Waals surface area (Å²) in [5, 5.41) is 6.51. The van der Waals surface area contributed by atoms with Crippen molar-refractivity contribution in [1.29, 1.82) is 0 Å². The van der Waals surface area contributed by atoms with E-state index in [2.05, 4.69) is 20.3 Å². The lowest BCUT2D eigenvalue weighted by Crippen LogP contribution is -2.32. The largest absolute Gasteiger partial charge is 0.356 e. The van der Waals surface area contributed by atoms with E-state index in [1.54, 1.807) is 18.3 Å². The maximum absolute atomic E-state index is 12.5. The van der Waals surface area contributed by atoms with Crippen molar-refractivity contribution >= 4 is 17.4 Å². The first-order valence-electron chi connectivity index (χ1n) is 7.95. The van der Waals surface area contributed by atoms with E-state index < -0.39 is 13.0 Å². The number of nitrogens with one attached hydrogen (secondary N) is 1. The fourth-order valence-corrected chi connectivity index (χ4v) is 2.80. The van der Waals surface area contributed by atoms with Crippen LogP contribution < -0.4 is 10.2 Å². The quantitative estimate of drug-likeness (QED) is 0.913. The van der Waals surface area contributed by atoms with Crippen molar-refractivity contribution < 1.29 is 13.6 Å². The Balaban J connectivity index is 1.74. The Morgan fingerprint density at radius 1 is 1.29 bits per heavy atom. The van der Waals surface area contributed by atoms with Gasteiger partial charge in [-0.05, 0) is 31.4 Å². The highest BCUT2D eigenvalue weighted by atomic mass is 19.3. The molecule has 1 amide bonds. The molecule has 2 aromatic rings. The molecular weight excluding hydrogens is 316 g/mol. The Hall–Kier alpha value is -2.51. The Kier molecular flexibility index (Phi) is 5.02. The molecule has 0 saturated carbocycles. The summed E-state index contributed by atoms with van der Waals surface area (Å²) >= 11 is 0. The summed E-state index contributed by atoms with van der Waals surface area (Å²) in [6.45, 7) is 1.26. The predicted molar refractivity (Wildman–Crippen MR) is 86.5 cm³/mol. The van der Waals surface area contributed by atoms with E-state index in [0.717, 1.165) is 30.6 Å². The highest BCUT2D eigenvalue weighted by Gasteiger charge is 2.20. The fourth-order valence-electron chi connectivity index (χ4n) is 2.80. The molecule has 0 unspecified atom stereocenters. The lowest BCUT2D eigenvalue weighted by atomic mass is 10.1. The van der Waals surface area contributed by atoms with Crippen LogP contribution in [0.2, 0.25) is 0 Å². The minimum absolute atomic E-state index is 0.319. The van der Waals surface area contributed by atoms with Crippen molar-refractivity contribution in [3.05, 3.63) is 36.3 Å². The number of nitrogens with zero attached hydrogens (tertiary/aromatic N) is 4. The van der Waals surface area contributed by atoms with Gasteiger partial charge in [0.1, 0.15) is 12.4 Å². The number of carbonyl (C=O) groups excluding carboxylic acids is 1. The second-order valence-electron chi connectivity index (χ2n) is 5.72. The minimum Gasteiger partial charge on any atom is -0.356 e. The van der Waals surface area contributed by atoms with Gasteiger partial charge >= 0.3 is 0 Å². The van der Waals surface area contributed by atoms with Crippen LogP contribution in [0.5, 0.6) is 0 Å². The van der Waals surface area contributed by atoms with E-state index in [1.165, 1.54) is 18.8 Å². The number of anilines is 2. The van der Waals surface area contributed by atoms with Gasteiger partial charge in [-0.1, -0.05) is 0 Å². The molecule has 0 bridgehead atoms. The van der Waals surface area contributed by atoms with Gasteiger partial charge in [-0.15, -0.1) is 0 Å². The number of piperidine rings is 1. The SMILES string of the molecule is O=C(Nc1cnn(CC(F)F)c1)c1cccnc1N1CCCCC1. The van der Waals surface area contributed by atoms with Crippen LogP contribution in [-0.4, -0.2) is 40.2 Å². The topological polar surface area (TPSA) is 63.1 Å². The zero-order valence-corrected chi connectivity index (χ0v) is 13.2. The summed E-state index contributed by atoms with van der Waals surface area (Å²) in [5.74, 6) is 0.343. The van der Waals surface area contributed by atoms with Crippen LogP contribution in [0.25, 0.3) is 0 Å². The lowest BCUT2D eigenvalue weighted by Gasteiger charge is -2.29. The van der Waals surface area contributed by atoms with E-state index in [9.17, 15) is 13.6 Å². The number of alkyl halides is 2. The minimum atomic E-state index is -2.49. The molecule has 3 heterocycles. The molecule has 1 N–H and O–H groups in total. The number of amides is 1. The number of hydrogen-bond acceptors (Lipinski definition) is 4. The van der Waals surface area contributed by atoms with Gasteiger partial charge in [0.2, 0.25) is 0 Å². The molecule has 3 rings (SSSR count). The number of rotatable bonds is 5. The molecule has 1 aliphatic heterocycles. The maximum Gasteiger partial charge on any atom is 0.259 e. The second kappa shape index (κ2) is 7.37. The normalized spacial score (nSPS) is 14.9. The summed E-state index contributed by atoms with van der Waals surface area (Å²) in [7, 11) is 0. The van der Waals surface area contributed by atoms with Gasteiger partial charge in [-0.25, -0.2) is 13.8 Å². The zero-order chi connectivity index (χ0) is 16.9. The van der Waals surface area contributed by atoms with Crippen molar-refractivity contribution in [2.24, 2.45) is 0 Å². The Morgan fingerprint density at radius 2 is 2.08 bits per heavy atom. The summed E-state index contributed by atoms with van der Waals surface area (Å²) in [6.07, 6.45) is 5.28. The first-order chi connectivity index (χ1) is 11.6. The molecule has 0 radical (unpaired) electrons. The molecule has 2 aromatic heterocycles. The molecule has 8 heteroatoms. The molecule has 1 aliphatic rings. The van der Waals surface area contributed by atoms with Gasteiger partial charge in [0.15, 0.2) is 0 Å². The molecule has 0 spiro atoms. The summed E-state index contributed by atoms with van der Waals surface area (Å²) < 4.78 is 25.8. The van der Waals surface area contributed by atoms with E-state index in [4.69, 9.17) is 0 Å². The number of halogens is 2. The van der Waals surface area contributed by atoms with Gasteiger partial charge in [0, 0.05) is 25.5 Å². The fraction of sp³-hybridized carbons (Fsp3) is 0.438. The van der Waals surface area contributed by atoms with Crippen molar-refractivity contribution in [2.75, 3.05) is 23.3 Å². The van der Waals surface area contributed by atoms with Gasteiger partial charge in [-0.3, -0.25) is 9.48 Å². The van der Waals surface area contributed by atoms with Crippen molar-refractivity contribution in [3.63, 3.8) is 0 Å². The van der Waals surface area contributed by atoms with Gasteiger partial charge in [0.05, 0.1) is 17.4 Å². The van der Waals surface area contributed by atoms with Crippen molar-refractivity contribution in [2.45, 2.75) is 32.2 Å². The maximum atomic E-state index is 12.5. The third kappa shape index (κ3) is 3.87. The molecule has 0 atom stereocenters. The Labute approximate surface area is 138 Å². The Morgan fingerprint density at radius 3 is 2.83 bits per heavy atom. The molecular formula is C16H19F2N5O. The Bertz CT molecular complexity index is 697. The van der Waals surface area contributed by atoms with Crippen molar-refractivity contribution in [1.82, 2.24) is 14.8 Å². The lowest BCUT2D eigenvalue weighted by molar-refractivity contribution is 0.102. The predicted octanol–water partition coefficient (Wildman–Crippen LogP) is 2.79. The van der Waals surface area contributed by atoms with Crippen LogP contribution in [0, 0.1) is 0 Å². The molecule has 6 nitrogen and oxygen atoms in total. The smallest absolute Gasteiger partial charge is 0.259 e. The number of carbonyl (C=O) groups is 1. The van der Waals surface area contributed by atoms with Crippen LogP contribution in [0.1, 0.15) is 29.6 Å². The van der Waals surface area contributed by atoms with Crippen LogP contribution in [0.3, 0.4) is 0 Å². The number of aromatic nitrogens is 3. The molecule has 128 valence electrons. The third-order valence-corrected chi connectivity index (χ3v) is 3.90. The standard InChI is InChI=1S/C16H19F2N5O/c17-14(18)11-23-10-12(9-20-23)21-16(24)13-5-4-6-19-15(13)22-7-2-1-3-8-22/h4-6,9-10,14H,1-3,7-8,11H2,(H,21,24). The van der Waals surface area contributed by atoms with Crippen LogP contribution in [0.4, 0.5) is 20.3 Å². The summed E-state index contributed by atoms with van der Waals surface area (Å²) in [5.41, 5.74) is 0.857. The van der Waals surface area contributed by atoms with Crippen LogP contribution in [0.15, 0.2) is 30.7 Å². The van der Waals surface area contributed by atoms with E-state index in [-0.39, 0.29) is 5.91 Å². The summed E-state index contributed by atoms with van der Waals surface area (Å²) in [6, 6.07) is 3.43. The molecule has 0 aliphatic carbocycles. The van der Waals surface area contributed by atoms with Crippen LogP contribution in [-0.2, 0) is 6.54 Å². The second-order valence-corrected chi connectivity index (χ2v) is 5.72. The van der Waals surface area contributed by atoms with Gasteiger partial charge in [-0.2, -0.15) is 5.10 Å². The number of pyridine rings is 1. The summed E-state index contributed by atoms with van der Waals surface area (Å²) in [4.78, 5) is 19.0. The molecule has 24 heavy (non-hydrogen) atoms. The number of hydrogen-bond donors (Lipinski definition) is 1. The first-order valence-corrected chi connectivity index (χ1v) is 7.95. The van der Waals surface area contributed by atoms with Gasteiger partial charge in [0.25, 0.3) is 12.3 Å². The van der Waals surface area contributed by atoms with E-state index >= 15 is 0 Å². The molecule has 1 fully saturated rings. The average Bonchev–Trinajstić information content (AvgIpc) is 3.01. The average molecular weight is 335 g/mol. The molecule has 0 aromatic carbocycles. The van der Waals surface area contributed by atoms with E-state index in [0.29, 0.717) is 17.1 Å². The van der Waals surface area contributed by atoms with E-state index in [1.807, 2.05) is 0 Å². The zero-order valence-electron chi connectivity index (χ0n) is 13.2. The van der Waals surface area contributed by atoms with Crippen molar-refractivity contribution in [3.8, 4) is 0 Å². The van der Waals surface area contributed by atoms with Crippen LogP contribution >= 0.6 is 0 Å². The van der Waals surface area contributed by atoms with Gasteiger partial charge < -0.3 is 10.2 Å².